The van der Waals surface area contributed by atoms with Crippen LogP contribution in [0.25, 0.3) is 11.3 Å². The minimum Gasteiger partial charge on any atom is -0.352 e. The molecule has 0 aliphatic heterocycles. The van der Waals surface area contributed by atoms with E-state index in [9.17, 15) is 0 Å². The molecular formula is C18H21N7. The van der Waals surface area contributed by atoms with Crippen LogP contribution in [-0.4, -0.2) is 32.8 Å². The number of rotatable bonds is 5. The second-order valence-corrected chi connectivity index (χ2v) is 5.49. The molecule has 128 valence electrons. The van der Waals surface area contributed by atoms with Crippen LogP contribution in [0.1, 0.15) is 11.4 Å². The van der Waals surface area contributed by atoms with Crippen LogP contribution in [0.3, 0.4) is 0 Å². The van der Waals surface area contributed by atoms with E-state index in [1.54, 1.807) is 17.9 Å². The fourth-order valence-corrected chi connectivity index (χ4v) is 2.42. The van der Waals surface area contributed by atoms with Gasteiger partial charge in [-0.1, -0.05) is 24.3 Å². The highest BCUT2D eigenvalue weighted by Crippen LogP contribution is 2.17. The highest BCUT2D eigenvalue weighted by atomic mass is 15.3. The van der Waals surface area contributed by atoms with Gasteiger partial charge in [-0.25, -0.2) is 4.98 Å². The second kappa shape index (κ2) is 8.05. The van der Waals surface area contributed by atoms with Crippen LogP contribution in [-0.2, 0) is 20.1 Å². The van der Waals surface area contributed by atoms with Crippen molar-refractivity contribution in [3.63, 3.8) is 0 Å². The molecule has 3 rings (SSSR count). The highest BCUT2D eigenvalue weighted by molar-refractivity contribution is 5.79. The van der Waals surface area contributed by atoms with Gasteiger partial charge in [-0.05, 0) is 23.8 Å². The predicted molar refractivity (Wildman–Crippen MR) is 97.7 cm³/mol. The van der Waals surface area contributed by atoms with Crippen LogP contribution < -0.4 is 10.6 Å². The normalized spacial score (nSPS) is 11.4. The summed E-state index contributed by atoms with van der Waals surface area (Å²) in [6.07, 6.45) is 3.34. The minimum atomic E-state index is 0.560. The lowest BCUT2D eigenvalue weighted by molar-refractivity contribution is 0.672. The van der Waals surface area contributed by atoms with Gasteiger partial charge in [0.05, 0.1) is 12.2 Å². The van der Waals surface area contributed by atoms with Gasteiger partial charge in [-0.2, -0.15) is 5.10 Å². The third-order valence-electron chi connectivity index (χ3n) is 3.79. The van der Waals surface area contributed by atoms with Gasteiger partial charge in [0.25, 0.3) is 0 Å². The van der Waals surface area contributed by atoms with Crippen molar-refractivity contribution in [3.8, 4) is 11.3 Å². The van der Waals surface area contributed by atoms with Gasteiger partial charge in [-0.3, -0.25) is 14.7 Å². The molecule has 2 aromatic heterocycles. The number of hydrogen-bond acceptors (Lipinski definition) is 4. The lowest BCUT2D eigenvalue weighted by atomic mass is 10.1. The first kappa shape index (κ1) is 16.6. The average molecular weight is 335 g/mol. The number of aliphatic imine (C=N–C) groups is 1. The Hall–Kier alpha value is -3.22. The fraction of sp³-hybridized carbons (Fsp3) is 0.222. The Kier molecular flexibility index (Phi) is 5.36. The van der Waals surface area contributed by atoms with E-state index in [2.05, 4.69) is 48.9 Å². The van der Waals surface area contributed by atoms with Crippen LogP contribution in [0, 0.1) is 0 Å². The highest BCUT2D eigenvalue weighted by Gasteiger charge is 2.04. The van der Waals surface area contributed by atoms with Gasteiger partial charge in [0, 0.05) is 32.4 Å². The van der Waals surface area contributed by atoms with E-state index < -0.39 is 0 Å². The number of aromatic nitrogens is 4. The van der Waals surface area contributed by atoms with Crippen LogP contribution in [0.4, 0.5) is 0 Å². The van der Waals surface area contributed by atoms with Crippen LogP contribution in [0.5, 0.6) is 0 Å². The standard InChI is InChI=1S/C18H21N7/c1-19-18(22-12-17-23-13-24-25(17)2)21-11-14-6-5-7-15(10-14)16-8-3-4-9-20-16/h3-10,13H,11-12H2,1-2H3,(H2,19,21,22). The molecule has 0 unspecified atom stereocenters. The number of aryl methyl sites for hydroxylation is 1. The molecule has 0 amide bonds. The summed E-state index contributed by atoms with van der Waals surface area (Å²) in [4.78, 5) is 12.8. The van der Waals surface area contributed by atoms with Crippen molar-refractivity contribution in [2.45, 2.75) is 13.1 Å². The Morgan fingerprint density at radius 1 is 1.08 bits per heavy atom. The molecule has 0 aliphatic carbocycles. The molecule has 0 spiro atoms. The van der Waals surface area contributed by atoms with Gasteiger partial charge >= 0.3 is 0 Å². The third-order valence-corrected chi connectivity index (χ3v) is 3.79. The molecule has 3 aromatic rings. The Labute approximate surface area is 146 Å². The SMILES string of the molecule is CN=C(NCc1cccc(-c2ccccn2)c1)NCc1ncnn1C. The van der Waals surface area contributed by atoms with Gasteiger partial charge in [-0.15, -0.1) is 0 Å². The molecular weight excluding hydrogens is 314 g/mol. The lowest BCUT2D eigenvalue weighted by Crippen LogP contribution is -2.36. The first-order chi connectivity index (χ1) is 12.3. The summed E-state index contributed by atoms with van der Waals surface area (Å²) >= 11 is 0. The summed E-state index contributed by atoms with van der Waals surface area (Å²) in [6.45, 7) is 1.23. The van der Waals surface area contributed by atoms with Gasteiger partial charge in [0.1, 0.15) is 12.2 Å². The predicted octanol–water partition coefficient (Wildman–Crippen LogP) is 1.74. The summed E-state index contributed by atoms with van der Waals surface area (Å²) in [5.41, 5.74) is 3.22. The van der Waals surface area contributed by atoms with Crippen molar-refractivity contribution in [1.82, 2.24) is 30.4 Å². The van der Waals surface area contributed by atoms with Crippen molar-refractivity contribution in [1.29, 1.82) is 0 Å². The second-order valence-electron chi connectivity index (χ2n) is 5.49. The molecule has 0 atom stereocenters. The van der Waals surface area contributed by atoms with Crippen molar-refractivity contribution >= 4 is 5.96 Å². The summed E-state index contributed by atoms with van der Waals surface area (Å²) in [5, 5.41) is 10.6. The third kappa shape index (κ3) is 4.41. The van der Waals surface area contributed by atoms with E-state index in [0.717, 1.165) is 22.6 Å². The van der Waals surface area contributed by atoms with Gasteiger partial charge in [0.15, 0.2) is 5.96 Å². The maximum Gasteiger partial charge on any atom is 0.191 e. The molecule has 0 radical (unpaired) electrons. The van der Waals surface area contributed by atoms with E-state index >= 15 is 0 Å². The van der Waals surface area contributed by atoms with Crippen molar-refractivity contribution in [2.75, 3.05) is 7.05 Å². The zero-order valence-electron chi connectivity index (χ0n) is 14.3. The molecule has 0 bridgehead atoms. The minimum absolute atomic E-state index is 0.560. The summed E-state index contributed by atoms with van der Waals surface area (Å²) in [6, 6.07) is 14.2. The van der Waals surface area contributed by atoms with Gasteiger partial charge in [0.2, 0.25) is 0 Å². The Balaban J connectivity index is 1.59. The maximum atomic E-state index is 4.40. The van der Waals surface area contributed by atoms with Crippen molar-refractivity contribution in [3.05, 3.63) is 66.4 Å². The number of benzene rings is 1. The first-order valence-corrected chi connectivity index (χ1v) is 8.04. The smallest absolute Gasteiger partial charge is 0.191 e. The van der Waals surface area contributed by atoms with E-state index in [1.165, 1.54) is 6.33 Å². The summed E-state index contributed by atoms with van der Waals surface area (Å²) in [7, 11) is 3.61. The quantitative estimate of drug-likeness (QED) is 0.548. The molecule has 7 heteroatoms. The topological polar surface area (TPSA) is 80.0 Å². The largest absolute Gasteiger partial charge is 0.352 e. The number of nitrogens with one attached hydrogen (secondary N) is 2. The average Bonchev–Trinajstić information content (AvgIpc) is 3.08. The molecule has 0 fully saturated rings. The lowest BCUT2D eigenvalue weighted by Gasteiger charge is -2.12. The zero-order valence-corrected chi connectivity index (χ0v) is 14.3. The van der Waals surface area contributed by atoms with Crippen molar-refractivity contribution in [2.24, 2.45) is 12.0 Å². The van der Waals surface area contributed by atoms with Gasteiger partial charge < -0.3 is 10.6 Å². The van der Waals surface area contributed by atoms with Crippen LogP contribution in [0.2, 0.25) is 0 Å². The maximum absolute atomic E-state index is 4.40. The van der Waals surface area contributed by atoms with E-state index in [-0.39, 0.29) is 0 Å². The number of nitrogens with zero attached hydrogens (tertiary/aromatic N) is 5. The number of guanidine groups is 1. The Morgan fingerprint density at radius 2 is 1.96 bits per heavy atom. The number of pyridine rings is 1. The Morgan fingerprint density at radius 3 is 2.68 bits per heavy atom. The molecule has 0 saturated heterocycles. The van der Waals surface area contributed by atoms with E-state index in [1.807, 2.05) is 31.3 Å². The number of hydrogen-bond donors (Lipinski definition) is 2. The van der Waals surface area contributed by atoms with Crippen LogP contribution in [0.15, 0.2) is 60.0 Å². The molecule has 0 saturated carbocycles. The molecule has 25 heavy (non-hydrogen) atoms. The molecule has 2 N–H and O–H groups in total. The summed E-state index contributed by atoms with van der Waals surface area (Å²) in [5.74, 6) is 1.56. The Bertz CT molecular complexity index is 839. The van der Waals surface area contributed by atoms with Crippen LogP contribution >= 0.6 is 0 Å². The molecule has 2 heterocycles. The van der Waals surface area contributed by atoms with E-state index in [0.29, 0.717) is 19.0 Å². The zero-order chi connectivity index (χ0) is 17.5. The fourth-order valence-electron chi connectivity index (χ4n) is 2.42. The molecule has 1 aromatic carbocycles. The van der Waals surface area contributed by atoms with Crippen molar-refractivity contribution < 1.29 is 0 Å². The monoisotopic (exact) mass is 335 g/mol. The molecule has 7 nitrogen and oxygen atoms in total. The first-order valence-electron chi connectivity index (χ1n) is 8.04. The summed E-state index contributed by atoms with van der Waals surface area (Å²) < 4.78 is 1.73. The van der Waals surface area contributed by atoms with E-state index in [4.69, 9.17) is 0 Å². The molecule has 0 aliphatic rings.